The quantitative estimate of drug-likeness (QED) is 0.144. The summed E-state index contributed by atoms with van der Waals surface area (Å²) in [6.07, 6.45) is 6.69. The minimum Gasteiger partial charge on any atom is -0.366 e. The van der Waals surface area contributed by atoms with E-state index in [1.807, 2.05) is 84.9 Å². The van der Waals surface area contributed by atoms with Gasteiger partial charge in [0.2, 0.25) is 0 Å². The first-order valence-corrected chi connectivity index (χ1v) is 11.2. The molecule has 1 aromatic carbocycles. The second-order valence-corrected chi connectivity index (χ2v) is 8.86. The first-order chi connectivity index (χ1) is 14.3. The number of rotatable bonds is 0. The summed E-state index contributed by atoms with van der Waals surface area (Å²) >= 11 is 4.75. The summed E-state index contributed by atoms with van der Waals surface area (Å²) in [7, 11) is 0. The predicted molar refractivity (Wildman–Crippen MR) is 118 cm³/mol. The first kappa shape index (κ1) is 22.5. The van der Waals surface area contributed by atoms with Crippen molar-refractivity contribution in [3.63, 3.8) is 0 Å². The van der Waals surface area contributed by atoms with Gasteiger partial charge in [0.15, 0.2) is 0 Å². The molecule has 0 saturated heterocycles. The Balaban J connectivity index is 0.000000242. The molecule has 0 amide bonds. The van der Waals surface area contributed by atoms with Crippen LogP contribution in [0.1, 0.15) is 5.56 Å². The Bertz CT molecular complexity index is 1000. The van der Waals surface area contributed by atoms with E-state index in [4.69, 9.17) is 6.42 Å². The van der Waals surface area contributed by atoms with E-state index in [-0.39, 0.29) is 17.1 Å². The average Bonchev–Trinajstić information content (AvgIpc) is 2.75. The molecule has 3 nitrogen and oxygen atoms in total. The Morgan fingerprint density at radius 3 is 1.10 bits per heavy atom. The smallest absolute Gasteiger partial charge is 0.366 e. The van der Waals surface area contributed by atoms with Crippen molar-refractivity contribution in [2.45, 2.75) is 30.2 Å². The number of nitrogens with zero attached hydrogens (tertiary/aromatic N) is 3. The number of hydrogen-bond acceptors (Lipinski definition) is 6. The Kier molecular flexibility index (Phi) is 8.44. The molecular formula is C23H14CuN3S3. The molecule has 7 heteroatoms. The SMILES string of the molecule is [C-]#Cc1ccccc1.[Cu+].c1cc2nc(c1)Sc1cccc(n1)Sc1cccc(n1)S2. The van der Waals surface area contributed by atoms with Crippen LogP contribution in [0.5, 0.6) is 0 Å². The number of benzene rings is 1. The molecule has 0 radical (unpaired) electrons. The van der Waals surface area contributed by atoms with Crippen LogP contribution >= 0.6 is 35.3 Å². The van der Waals surface area contributed by atoms with Gasteiger partial charge in [-0.1, -0.05) is 71.7 Å². The Labute approximate surface area is 199 Å². The van der Waals surface area contributed by atoms with Crippen LogP contribution in [0.3, 0.4) is 0 Å². The monoisotopic (exact) mass is 491 g/mol. The van der Waals surface area contributed by atoms with Crippen LogP contribution in [0.25, 0.3) is 0 Å². The van der Waals surface area contributed by atoms with Gasteiger partial charge in [0, 0.05) is 0 Å². The fraction of sp³-hybridized carbons (Fsp3) is 0. The van der Waals surface area contributed by atoms with Gasteiger partial charge in [-0.3, -0.25) is 5.92 Å². The summed E-state index contributed by atoms with van der Waals surface area (Å²) in [5.74, 6) is 2.28. The Morgan fingerprint density at radius 2 is 0.833 bits per heavy atom. The third-order valence-corrected chi connectivity index (χ3v) is 6.26. The normalized spacial score (nSPS) is 11.3. The second kappa shape index (κ2) is 11.3. The molecule has 4 aromatic rings. The van der Waals surface area contributed by atoms with Gasteiger partial charge in [0.05, 0.1) is 0 Å². The number of pyridine rings is 3. The maximum Gasteiger partial charge on any atom is 1.00 e. The van der Waals surface area contributed by atoms with Gasteiger partial charge in [0.25, 0.3) is 0 Å². The molecule has 0 unspecified atom stereocenters. The molecule has 5 rings (SSSR count). The topological polar surface area (TPSA) is 38.7 Å². The van der Waals surface area contributed by atoms with Crippen molar-refractivity contribution in [3.8, 4) is 5.92 Å². The van der Waals surface area contributed by atoms with Gasteiger partial charge >= 0.3 is 17.1 Å². The maximum atomic E-state index is 6.69. The zero-order valence-electron chi connectivity index (χ0n) is 15.5. The molecule has 0 aliphatic carbocycles. The Hall–Kier alpha value is -2.20. The minimum absolute atomic E-state index is 0. The fourth-order valence-electron chi connectivity index (χ4n) is 2.37. The predicted octanol–water partition coefficient (Wildman–Crippen LogP) is 6.26. The van der Waals surface area contributed by atoms with E-state index in [1.165, 1.54) is 0 Å². The van der Waals surface area contributed by atoms with E-state index in [0.29, 0.717) is 0 Å². The largest absolute Gasteiger partial charge is 1.00 e. The van der Waals surface area contributed by atoms with Crippen molar-refractivity contribution in [2.24, 2.45) is 0 Å². The molecular weight excluding hydrogens is 478 g/mol. The van der Waals surface area contributed by atoms with Crippen molar-refractivity contribution in [1.82, 2.24) is 15.0 Å². The molecule has 1 aliphatic rings. The number of aromatic nitrogens is 3. The second-order valence-electron chi connectivity index (χ2n) is 5.74. The van der Waals surface area contributed by atoms with Crippen LogP contribution in [0, 0.1) is 12.3 Å². The van der Waals surface area contributed by atoms with Crippen LogP contribution in [0.2, 0.25) is 0 Å². The molecule has 0 N–H and O–H groups in total. The van der Waals surface area contributed by atoms with Gasteiger partial charge in [0.1, 0.15) is 30.2 Å². The summed E-state index contributed by atoms with van der Waals surface area (Å²) in [4.78, 5) is 14.0. The van der Waals surface area contributed by atoms with Gasteiger partial charge in [-0.2, -0.15) is 0 Å². The van der Waals surface area contributed by atoms with Crippen LogP contribution in [0.15, 0.2) is 115 Å². The zero-order chi connectivity index (χ0) is 19.9. The van der Waals surface area contributed by atoms with E-state index >= 15 is 0 Å². The molecule has 6 bridgehead atoms. The standard InChI is InChI=1S/C15H9N3S3.C8H5.Cu/c1-4-10-16-11(5-1)20-13-7-3-9-15(18-13)21-14-8-2-6-12(17-14)19-10;1-2-8-6-4-3-5-7-8;/h1-9H;3-7H;/q;-1;+1. The van der Waals surface area contributed by atoms with Gasteiger partial charge in [-0.15, -0.1) is 17.7 Å². The minimum atomic E-state index is 0. The van der Waals surface area contributed by atoms with Gasteiger partial charge in [-0.05, 0) is 36.4 Å². The van der Waals surface area contributed by atoms with Crippen molar-refractivity contribution < 1.29 is 17.1 Å². The van der Waals surface area contributed by atoms with Crippen molar-refractivity contribution in [1.29, 1.82) is 0 Å². The van der Waals surface area contributed by atoms with E-state index in [0.717, 1.165) is 35.7 Å². The average molecular weight is 492 g/mol. The summed E-state index contributed by atoms with van der Waals surface area (Å²) < 4.78 is 0. The maximum absolute atomic E-state index is 6.69. The van der Waals surface area contributed by atoms with E-state index < -0.39 is 0 Å². The van der Waals surface area contributed by atoms with Crippen molar-refractivity contribution in [2.75, 3.05) is 0 Å². The molecule has 0 saturated carbocycles. The first-order valence-electron chi connectivity index (χ1n) is 8.71. The Morgan fingerprint density at radius 1 is 0.500 bits per heavy atom. The number of fused-ring (bicyclic) bond motifs is 6. The summed E-state index contributed by atoms with van der Waals surface area (Å²) in [5.41, 5.74) is 0.826. The third kappa shape index (κ3) is 6.40. The van der Waals surface area contributed by atoms with E-state index in [1.54, 1.807) is 35.3 Å². The molecule has 3 aromatic heterocycles. The fourth-order valence-corrected chi connectivity index (χ4v) is 4.93. The van der Waals surface area contributed by atoms with Gasteiger partial charge in [-0.25, -0.2) is 15.0 Å². The molecule has 0 atom stereocenters. The van der Waals surface area contributed by atoms with Crippen LogP contribution < -0.4 is 0 Å². The summed E-state index contributed by atoms with van der Waals surface area (Å²) in [6, 6.07) is 27.5. The van der Waals surface area contributed by atoms with Crippen LogP contribution in [-0.2, 0) is 17.1 Å². The molecule has 150 valence electrons. The number of hydrogen-bond donors (Lipinski definition) is 0. The summed E-state index contributed by atoms with van der Waals surface area (Å²) in [5, 5.41) is 5.70. The van der Waals surface area contributed by atoms with Crippen LogP contribution in [0.4, 0.5) is 0 Å². The summed E-state index contributed by atoms with van der Waals surface area (Å²) in [6.45, 7) is 0. The zero-order valence-corrected chi connectivity index (χ0v) is 18.8. The van der Waals surface area contributed by atoms with Crippen molar-refractivity contribution >= 4 is 35.3 Å². The molecule has 1 aliphatic heterocycles. The molecule has 0 spiro atoms. The van der Waals surface area contributed by atoms with E-state index in [2.05, 4.69) is 20.9 Å². The third-order valence-electron chi connectivity index (χ3n) is 3.64. The molecule has 0 fully saturated rings. The van der Waals surface area contributed by atoms with Crippen LogP contribution in [-0.4, -0.2) is 15.0 Å². The van der Waals surface area contributed by atoms with Gasteiger partial charge < -0.3 is 6.42 Å². The van der Waals surface area contributed by atoms with E-state index in [9.17, 15) is 0 Å². The van der Waals surface area contributed by atoms with Crippen molar-refractivity contribution in [3.05, 3.63) is 96.9 Å². The molecule has 4 heterocycles. The molecule has 30 heavy (non-hydrogen) atoms.